The van der Waals surface area contributed by atoms with Gasteiger partial charge in [-0.2, -0.15) is 0 Å². The van der Waals surface area contributed by atoms with Gasteiger partial charge in [0.15, 0.2) is 9.84 Å². The first-order chi connectivity index (χ1) is 12.7. The van der Waals surface area contributed by atoms with Crippen LogP contribution in [0.3, 0.4) is 0 Å². The van der Waals surface area contributed by atoms with Gasteiger partial charge in [0.05, 0.1) is 35.8 Å². The minimum absolute atomic E-state index is 0.0137. The molecule has 1 N–H and O–H groups in total. The molecule has 146 valence electrons. The normalized spacial score (nSPS) is 24.7. The lowest BCUT2D eigenvalue weighted by atomic mass is 9.94. The maximum atomic E-state index is 14.3. The van der Waals surface area contributed by atoms with Crippen LogP contribution < -0.4 is 5.32 Å². The molecule has 7 nitrogen and oxygen atoms in total. The second-order valence-electron chi connectivity index (χ2n) is 6.55. The van der Waals surface area contributed by atoms with Crippen molar-refractivity contribution >= 4 is 21.8 Å². The number of hydrogen-bond donors (Lipinski definition) is 1. The van der Waals surface area contributed by atoms with Crippen LogP contribution in [-0.4, -0.2) is 49.5 Å². The Labute approximate surface area is 157 Å². The highest BCUT2D eigenvalue weighted by Gasteiger charge is 2.43. The molecule has 9 heteroatoms. The number of urea groups is 1. The number of allylic oxidation sites excluding steroid dienone is 1. The molecule has 0 aliphatic carbocycles. The van der Waals surface area contributed by atoms with Gasteiger partial charge in [0.1, 0.15) is 5.82 Å². The Bertz CT molecular complexity index is 912. The van der Waals surface area contributed by atoms with E-state index in [1.54, 1.807) is 19.9 Å². The molecular weight excluding hydrogens is 375 g/mol. The SMILES string of the molecule is CCOC(=O)C1=C(C)N([C@H]2CCS(=O)(=O)C2)C(=O)N[C@@H]1c1ccccc1F. The first kappa shape index (κ1) is 19.3. The van der Waals surface area contributed by atoms with Gasteiger partial charge in [0.25, 0.3) is 0 Å². The molecule has 1 fully saturated rings. The number of nitrogens with one attached hydrogen (secondary N) is 1. The highest BCUT2D eigenvalue weighted by molar-refractivity contribution is 7.91. The van der Waals surface area contributed by atoms with E-state index in [9.17, 15) is 22.4 Å². The van der Waals surface area contributed by atoms with E-state index in [2.05, 4.69) is 5.32 Å². The van der Waals surface area contributed by atoms with Gasteiger partial charge in [-0.1, -0.05) is 18.2 Å². The number of sulfone groups is 1. The lowest BCUT2D eigenvalue weighted by Crippen LogP contribution is -2.52. The predicted molar refractivity (Wildman–Crippen MR) is 95.9 cm³/mol. The van der Waals surface area contributed by atoms with E-state index >= 15 is 0 Å². The summed E-state index contributed by atoms with van der Waals surface area (Å²) < 4.78 is 43.1. The van der Waals surface area contributed by atoms with Crippen molar-refractivity contribution in [3.8, 4) is 0 Å². The lowest BCUT2D eigenvalue weighted by Gasteiger charge is -2.38. The summed E-state index contributed by atoms with van der Waals surface area (Å²) in [6, 6.07) is 3.72. The van der Waals surface area contributed by atoms with Crippen LogP contribution in [0, 0.1) is 5.82 Å². The van der Waals surface area contributed by atoms with Gasteiger partial charge < -0.3 is 10.1 Å². The molecule has 3 rings (SSSR count). The van der Waals surface area contributed by atoms with Crippen molar-refractivity contribution in [2.45, 2.75) is 32.4 Å². The lowest BCUT2D eigenvalue weighted by molar-refractivity contribution is -0.139. The largest absolute Gasteiger partial charge is 0.463 e. The number of rotatable bonds is 4. The van der Waals surface area contributed by atoms with Crippen molar-refractivity contribution < 1.29 is 27.1 Å². The number of hydrogen-bond acceptors (Lipinski definition) is 5. The number of esters is 1. The minimum Gasteiger partial charge on any atom is -0.463 e. The van der Waals surface area contributed by atoms with Crippen LogP contribution in [0.15, 0.2) is 35.5 Å². The number of nitrogens with zero attached hydrogens (tertiary/aromatic N) is 1. The molecule has 2 aliphatic heterocycles. The molecule has 0 bridgehead atoms. The molecule has 0 radical (unpaired) electrons. The van der Waals surface area contributed by atoms with Crippen molar-refractivity contribution in [1.82, 2.24) is 10.2 Å². The van der Waals surface area contributed by atoms with E-state index in [1.807, 2.05) is 0 Å². The van der Waals surface area contributed by atoms with Crippen LogP contribution in [0.1, 0.15) is 31.9 Å². The zero-order valence-corrected chi connectivity index (χ0v) is 15.9. The van der Waals surface area contributed by atoms with Crippen LogP contribution in [0.4, 0.5) is 9.18 Å². The minimum atomic E-state index is -3.23. The van der Waals surface area contributed by atoms with Crippen molar-refractivity contribution in [3.05, 3.63) is 46.9 Å². The zero-order chi connectivity index (χ0) is 19.8. The fraction of sp³-hybridized carbons (Fsp3) is 0.444. The second kappa shape index (κ2) is 7.30. The molecule has 27 heavy (non-hydrogen) atoms. The van der Waals surface area contributed by atoms with E-state index in [4.69, 9.17) is 4.74 Å². The molecule has 0 saturated carbocycles. The van der Waals surface area contributed by atoms with Gasteiger partial charge in [-0.3, -0.25) is 4.90 Å². The van der Waals surface area contributed by atoms with Gasteiger partial charge in [-0.15, -0.1) is 0 Å². The Morgan fingerprint density at radius 3 is 2.67 bits per heavy atom. The Morgan fingerprint density at radius 1 is 1.37 bits per heavy atom. The Hall–Kier alpha value is -2.42. The van der Waals surface area contributed by atoms with Gasteiger partial charge >= 0.3 is 12.0 Å². The molecule has 0 aromatic heterocycles. The van der Waals surface area contributed by atoms with E-state index < -0.39 is 39.7 Å². The molecule has 0 spiro atoms. The first-order valence-electron chi connectivity index (χ1n) is 8.67. The van der Waals surface area contributed by atoms with Crippen molar-refractivity contribution in [1.29, 1.82) is 0 Å². The van der Waals surface area contributed by atoms with E-state index in [1.165, 1.54) is 23.1 Å². The molecule has 2 atom stereocenters. The monoisotopic (exact) mass is 396 g/mol. The number of amides is 2. The quantitative estimate of drug-likeness (QED) is 0.785. The van der Waals surface area contributed by atoms with Crippen LogP contribution in [0.5, 0.6) is 0 Å². The number of benzene rings is 1. The standard InChI is InChI=1S/C18H21FN2O5S/c1-3-26-17(22)15-11(2)21(12-8-9-27(24,25)10-12)18(23)20-16(15)13-6-4-5-7-14(13)19/h4-7,12,16H,3,8-10H2,1-2H3,(H,20,23)/t12-,16+/m0/s1. The van der Waals surface area contributed by atoms with Crippen LogP contribution in [-0.2, 0) is 19.4 Å². The molecule has 1 aromatic rings. The summed E-state index contributed by atoms with van der Waals surface area (Å²) in [4.78, 5) is 26.6. The number of carbonyl (C=O) groups is 2. The first-order valence-corrected chi connectivity index (χ1v) is 10.5. The molecular formula is C18H21FN2O5S. The third-order valence-corrected chi connectivity index (χ3v) is 6.56. The van der Waals surface area contributed by atoms with Gasteiger partial charge in [0, 0.05) is 11.3 Å². The van der Waals surface area contributed by atoms with Gasteiger partial charge in [0.2, 0.25) is 0 Å². The Morgan fingerprint density at radius 2 is 2.07 bits per heavy atom. The average Bonchev–Trinajstić information content (AvgIpc) is 2.94. The second-order valence-corrected chi connectivity index (χ2v) is 8.78. The van der Waals surface area contributed by atoms with Crippen LogP contribution >= 0.6 is 0 Å². The van der Waals surface area contributed by atoms with E-state index in [0.717, 1.165) is 0 Å². The molecule has 2 amide bonds. The topological polar surface area (TPSA) is 92.8 Å². The fourth-order valence-corrected chi connectivity index (χ4v) is 5.29. The molecule has 1 aromatic carbocycles. The summed E-state index contributed by atoms with van der Waals surface area (Å²) in [6.45, 7) is 3.32. The Kier molecular flexibility index (Phi) is 5.23. The van der Waals surface area contributed by atoms with Crippen LogP contribution in [0.25, 0.3) is 0 Å². The smallest absolute Gasteiger partial charge is 0.338 e. The maximum absolute atomic E-state index is 14.3. The summed E-state index contributed by atoms with van der Waals surface area (Å²) in [6.07, 6.45) is 0.285. The van der Waals surface area contributed by atoms with Gasteiger partial charge in [-0.25, -0.2) is 22.4 Å². The third-order valence-electron chi connectivity index (χ3n) is 4.81. The zero-order valence-electron chi connectivity index (χ0n) is 15.1. The summed E-state index contributed by atoms with van der Waals surface area (Å²) in [5.74, 6) is -1.42. The maximum Gasteiger partial charge on any atom is 0.338 e. The van der Waals surface area contributed by atoms with Crippen molar-refractivity contribution in [3.63, 3.8) is 0 Å². The van der Waals surface area contributed by atoms with Crippen LogP contribution in [0.2, 0.25) is 0 Å². The van der Waals surface area contributed by atoms with Crippen molar-refractivity contribution in [2.75, 3.05) is 18.1 Å². The Balaban J connectivity index is 2.08. The summed E-state index contributed by atoms with van der Waals surface area (Å²) in [5, 5.41) is 2.64. The highest BCUT2D eigenvalue weighted by Crippen LogP contribution is 2.35. The third kappa shape index (κ3) is 3.69. The number of halogens is 1. The van der Waals surface area contributed by atoms with E-state index in [-0.39, 0.29) is 41.4 Å². The predicted octanol–water partition coefficient (Wildman–Crippen LogP) is 1.92. The summed E-state index contributed by atoms with van der Waals surface area (Å²) in [5.41, 5.74) is 0.533. The molecule has 2 aliphatic rings. The highest BCUT2D eigenvalue weighted by atomic mass is 32.2. The molecule has 1 saturated heterocycles. The fourth-order valence-electron chi connectivity index (χ4n) is 3.59. The number of ether oxygens (including phenoxy) is 1. The molecule has 0 unspecified atom stereocenters. The van der Waals surface area contributed by atoms with Gasteiger partial charge in [-0.05, 0) is 26.3 Å². The van der Waals surface area contributed by atoms with E-state index in [0.29, 0.717) is 0 Å². The number of carbonyl (C=O) groups excluding carboxylic acids is 2. The molecule has 2 heterocycles. The van der Waals surface area contributed by atoms with Crippen molar-refractivity contribution in [2.24, 2.45) is 0 Å². The summed E-state index contributed by atoms with van der Waals surface area (Å²) in [7, 11) is -3.23. The summed E-state index contributed by atoms with van der Waals surface area (Å²) >= 11 is 0. The average molecular weight is 396 g/mol.